The quantitative estimate of drug-likeness (QED) is 0.631. The van der Waals surface area contributed by atoms with Crippen molar-refractivity contribution in [3.05, 3.63) is 55.9 Å². The molecular formula is C15H18BrClN2O. The lowest BCUT2D eigenvalue weighted by Gasteiger charge is -2.17. The second kappa shape index (κ2) is 6.31. The second-order valence-corrected chi connectivity index (χ2v) is 6.24. The number of hydrogen-bond donors (Lipinski definition) is 2. The fraction of sp³-hybridized carbons (Fsp3) is 0.333. The monoisotopic (exact) mass is 356 g/mol. The van der Waals surface area contributed by atoms with E-state index in [-0.39, 0.29) is 6.04 Å². The summed E-state index contributed by atoms with van der Waals surface area (Å²) >= 11 is 9.69. The summed E-state index contributed by atoms with van der Waals surface area (Å²) < 4.78 is 6.65. The summed E-state index contributed by atoms with van der Waals surface area (Å²) in [6.07, 6.45) is 0.712. The lowest BCUT2D eigenvalue weighted by molar-refractivity contribution is 0.484. The van der Waals surface area contributed by atoms with E-state index in [4.69, 9.17) is 21.9 Å². The summed E-state index contributed by atoms with van der Waals surface area (Å²) in [5.41, 5.74) is 6.18. The molecule has 2 rings (SSSR count). The number of nitrogens with one attached hydrogen (secondary N) is 1. The number of nitrogens with two attached hydrogens (primary N) is 1. The van der Waals surface area contributed by atoms with E-state index in [1.165, 1.54) is 0 Å². The Bertz CT molecular complexity index is 625. The maximum atomic E-state index is 6.28. The molecule has 0 amide bonds. The Morgan fingerprint density at radius 3 is 2.50 bits per heavy atom. The fourth-order valence-electron chi connectivity index (χ4n) is 2.47. The minimum absolute atomic E-state index is 0.0221. The summed E-state index contributed by atoms with van der Waals surface area (Å²) in [5.74, 6) is 7.57. The average molecular weight is 358 g/mol. The average Bonchev–Trinajstić information content (AvgIpc) is 2.63. The van der Waals surface area contributed by atoms with E-state index in [0.29, 0.717) is 6.42 Å². The Kier molecular flexibility index (Phi) is 4.91. The highest BCUT2D eigenvalue weighted by molar-refractivity contribution is 9.10. The molecule has 1 atom stereocenters. The van der Waals surface area contributed by atoms with E-state index >= 15 is 0 Å². The SMILES string of the molecule is Cc1oc(C)c(C(Cc2ccc(Br)cc2Cl)NN)c1C. The minimum atomic E-state index is -0.0221. The normalized spacial score (nSPS) is 12.7. The molecular weight excluding hydrogens is 340 g/mol. The molecule has 0 bridgehead atoms. The van der Waals surface area contributed by atoms with Gasteiger partial charge in [0.05, 0.1) is 6.04 Å². The van der Waals surface area contributed by atoms with Crippen molar-refractivity contribution in [1.82, 2.24) is 5.43 Å². The van der Waals surface area contributed by atoms with Gasteiger partial charge < -0.3 is 4.42 Å². The Morgan fingerprint density at radius 2 is 2.00 bits per heavy atom. The molecule has 5 heteroatoms. The van der Waals surface area contributed by atoms with Gasteiger partial charge >= 0.3 is 0 Å². The lowest BCUT2D eigenvalue weighted by atomic mass is 9.96. The highest BCUT2D eigenvalue weighted by Crippen LogP contribution is 2.31. The number of halogens is 2. The van der Waals surface area contributed by atoms with Gasteiger partial charge in [-0.25, -0.2) is 0 Å². The summed E-state index contributed by atoms with van der Waals surface area (Å²) in [7, 11) is 0. The van der Waals surface area contributed by atoms with Crippen molar-refractivity contribution >= 4 is 27.5 Å². The maximum absolute atomic E-state index is 6.28. The largest absolute Gasteiger partial charge is 0.466 e. The Balaban J connectivity index is 2.33. The molecule has 3 N–H and O–H groups in total. The van der Waals surface area contributed by atoms with Crippen LogP contribution in [0.25, 0.3) is 0 Å². The van der Waals surface area contributed by atoms with Gasteiger partial charge in [0, 0.05) is 15.1 Å². The van der Waals surface area contributed by atoms with Crippen LogP contribution >= 0.6 is 27.5 Å². The Labute approximate surface area is 132 Å². The lowest BCUT2D eigenvalue weighted by Crippen LogP contribution is -2.30. The number of hydrogen-bond acceptors (Lipinski definition) is 3. The number of rotatable bonds is 4. The number of furan rings is 1. The van der Waals surface area contributed by atoms with E-state index < -0.39 is 0 Å². The molecule has 1 heterocycles. The molecule has 0 aliphatic heterocycles. The third-order valence-corrected chi connectivity index (χ3v) is 4.45. The summed E-state index contributed by atoms with van der Waals surface area (Å²) in [5, 5.41) is 0.732. The van der Waals surface area contributed by atoms with Crippen LogP contribution in [0.1, 0.15) is 34.3 Å². The zero-order valence-electron chi connectivity index (χ0n) is 11.8. The van der Waals surface area contributed by atoms with Crippen LogP contribution in [-0.2, 0) is 6.42 Å². The molecule has 1 aromatic carbocycles. The predicted molar refractivity (Wildman–Crippen MR) is 85.8 cm³/mol. The molecule has 1 unspecified atom stereocenters. The van der Waals surface area contributed by atoms with Gasteiger partial charge in [0.2, 0.25) is 0 Å². The van der Waals surface area contributed by atoms with Crippen LogP contribution in [0.3, 0.4) is 0 Å². The van der Waals surface area contributed by atoms with Gasteiger partial charge in [-0.15, -0.1) is 0 Å². The van der Waals surface area contributed by atoms with Gasteiger partial charge in [0.25, 0.3) is 0 Å². The molecule has 3 nitrogen and oxygen atoms in total. The standard InChI is InChI=1S/C15H18BrClN2O/c1-8-9(2)20-10(3)15(8)14(19-18)6-11-4-5-12(16)7-13(11)17/h4-5,7,14,19H,6,18H2,1-3H3. The second-order valence-electron chi connectivity index (χ2n) is 4.91. The highest BCUT2D eigenvalue weighted by atomic mass is 79.9. The van der Waals surface area contributed by atoms with E-state index in [9.17, 15) is 0 Å². The van der Waals surface area contributed by atoms with Crippen molar-refractivity contribution < 1.29 is 4.42 Å². The van der Waals surface area contributed by atoms with Crippen LogP contribution in [0.5, 0.6) is 0 Å². The van der Waals surface area contributed by atoms with E-state index in [2.05, 4.69) is 28.3 Å². The van der Waals surface area contributed by atoms with Gasteiger partial charge in [-0.05, 0) is 50.5 Å². The van der Waals surface area contributed by atoms with E-state index in [0.717, 1.165) is 37.7 Å². The van der Waals surface area contributed by atoms with Crippen molar-refractivity contribution in [3.63, 3.8) is 0 Å². The summed E-state index contributed by atoms with van der Waals surface area (Å²) in [4.78, 5) is 0. The van der Waals surface area contributed by atoms with E-state index in [1.54, 1.807) is 0 Å². The zero-order chi connectivity index (χ0) is 14.9. The molecule has 20 heavy (non-hydrogen) atoms. The first-order chi connectivity index (χ1) is 9.43. The number of aryl methyl sites for hydroxylation is 2. The van der Waals surface area contributed by atoms with Crippen LogP contribution in [-0.4, -0.2) is 0 Å². The molecule has 0 saturated carbocycles. The molecule has 2 aromatic rings. The fourth-order valence-corrected chi connectivity index (χ4v) is 3.22. The number of hydrazine groups is 1. The van der Waals surface area contributed by atoms with Crippen LogP contribution in [0.4, 0.5) is 0 Å². The van der Waals surface area contributed by atoms with Crippen molar-refractivity contribution in [1.29, 1.82) is 0 Å². The summed E-state index contributed by atoms with van der Waals surface area (Å²) in [6.45, 7) is 5.98. The topological polar surface area (TPSA) is 51.2 Å². The van der Waals surface area contributed by atoms with Crippen LogP contribution in [0.2, 0.25) is 5.02 Å². The highest BCUT2D eigenvalue weighted by Gasteiger charge is 2.21. The zero-order valence-corrected chi connectivity index (χ0v) is 14.1. The Hall–Kier alpha value is -0.810. The van der Waals surface area contributed by atoms with Crippen LogP contribution < -0.4 is 11.3 Å². The van der Waals surface area contributed by atoms with Crippen LogP contribution in [0, 0.1) is 20.8 Å². The smallest absolute Gasteiger partial charge is 0.106 e. The van der Waals surface area contributed by atoms with Crippen molar-refractivity contribution in [2.24, 2.45) is 5.84 Å². The molecule has 0 spiro atoms. The molecule has 0 saturated heterocycles. The molecule has 0 fully saturated rings. The number of benzene rings is 1. The van der Waals surface area contributed by atoms with Crippen molar-refractivity contribution in [2.45, 2.75) is 33.2 Å². The predicted octanol–water partition coefficient (Wildman–Crippen LogP) is 4.37. The molecule has 108 valence electrons. The van der Waals surface area contributed by atoms with Crippen LogP contribution in [0.15, 0.2) is 27.1 Å². The van der Waals surface area contributed by atoms with Gasteiger partial charge in [0.15, 0.2) is 0 Å². The first-order valence-electron chi connectivity index (χ1n) is 6.40. The molecule has 0 aliphatic rings. The first-order valence-corrected chi connectivity index (χ1v) is 7.57. The van der Waals surface area contributed by atoms with Gasteiger partial charge in [-0.1, -0.05) is 33.6 Å². The maximum Gasteiger partial charge on any atom is 0.106 e. The van der Waals surface area contributed by atoms with Crippen molar-refractivity contribution in [2.75, 3.05) is 0 Å². The third-order valence-electron chi connectivity index (χ3n) is 3.61. The molecule has 0 aliphatic carbocycles. The molecule has 1 aromatic heterocycles. The first kappa shape index (κ1) is 15.6. The van der Waals surface area contributed by atoms with Crippen molar-refractivity contribution in [3.8, 4) is 0 Å². The third kappa shape index (κ3) is 3.09. The Morgan fingerprint density at radius 1 is 1.30 bits per heavy atom. The minimum Gasteiger partial charge on any atom is -0.466 e. The van der Waals surface area contributed by atoms with Gasteiger partial charge in [-0.2, -0.15) is 0 Å². The van der Waals surface area contributed by atoms with E-state index in [1.807, 2.05) is 32.0 Å². The summed E-state index contributed by atoms with van der Waals surface area (Å²) in [6, 6.07) is 5.86. The molecule has 0 radical (unpaired) electrons. The van der Waals surface area contributed by atoms with Gasteiger partial charge in [-0.3, -0.25) is 11.3 Å². The van der Waals surface area contributed by atoms with Gasteiger partial charge in [0.1, 0.15) is 11.5 Å².